The van der Waals surface area contributed by atoms with Crippen LogP contribution >= 0.6 is 0 Å². The number of fused-ring (bicyclic) bond motifs is 1. The number of tetrazole rings is 1. The van der Waals surface area contributed by atoms with Gasteiger partial charge in [0.05, 0.1) is 25.1 Å². The Morgan fingerprint density at radius 1 is 1.21 bits per heavy atom. The third kappa shape index (κ3) is 4.50. The summed E-state index contributed by atoms with van der Waals surface area (Å²) in [4.78, 5) is 12.4. The fourth-order valence-corrected chi connectivity index (χ4v) is 3.55. The highest BCUT2D eigenvalue weighted by molar-refractivity contribution is 6.04. The number of ether oxygens (including phenoxy) is 3. The third-order valence-electron chi connectivity index (χ3n) is 5.40. The van der Waals surface area contributed by atoms with Crippen LogP contribution in [-0.2, 0) is 18.4 Å². The Bertz CT molecular complexity index is 1270. The molecule has 0 unspecified atom stereocenters. The Morgan fingerprint density at radius 2 is 2.03 bits per heavy atom. The van der Waals surface area contributed by atoms with Gasteiger partial charge < -0.3 is 14.2 Å². The molecule has 0 atom stereocenters. The van der Waals surface area contributed by atoms with Crippen LogP contribution in [0.1, 0.15) is 36.5 Å². The Morgan fingerprint density at radius 3 is 2.76 bits per heavy atom. The van der Waals surface area contributed by atoms with E-state index in [1.54, 1.807) is 14.2 Å². The minimum Gasteiger partial charge on any atom is -0.493 e. The fourth-order valence-electron chi connectivity index (χ4n) is 3.55. The molecule has 0 amide bonds. The number of hydrogen-bond acceptors (Lipinski definition) is 8. The van der Waals surface area contributed by atoms with E-state index >= 15 is 0 Å². The standard InChI is InChI=1S/C23H26N6O4/c1-5-21(25-24-18-12-13-32-22-16(18)9-7-11-20(22)31-4)33-14-17-15(2)8-6-10-19(17)29-23(30)28(3)26-27-29/h6-11H,5,12-14H2,1-4H3. The highest BCUT2D eigenvalue weighted by Crippen LogP contribution is 2.34. The molecule has 4 rings (SSSR count). The van der Waals surface area contributed by atoms with Crippen molar-refractivity contribution in [1.82, 2.24) is 19.8 Å². The summed E-state index contributed by atoms with van der Waals surface area (Å²) in [6, 6.07) is 11.3. The summed E-state index contributed by atoms with van der Waals surface area (Å²) >= 11 is 0. The van der Waals surface area contributed by atoms with Crippen LogP contribution in [0.5, 0.6) is 11.5 Å². The van der Waals surface area contributed by atoms with Crippen molar-refractivity contribution in [1.29, 1.82) is 0 Å². The molecule has 0 saturated carbocycles. The quantitative estimate of drug-likeness (QED) is 0.325. The van der Waals surface area contributed by atoms with E-state index in [1.165, 1.54) is 9.36 Å². The van der Waals surface area contributed by atoms with E-state index < -0.39 is 0 Å². The SMILES string of the molecule is CCC(=NN=C1CCOc2c(OC)cccc21)OCc1c(C)cccc1-n1nnn(C)c1=O. The summed E-state index contributed by atoms with van der Waals surface area (Å²) in [6.07, 6.45) is 1.20. The van der Waals surface area contributed by atoms with Gasteiger partial charge in [-0.05, 0) is 41.1 Å². The van der Waals surface area contributed by atoms with Gasteiger partial charge in [-0.15, -0.1) is 5.10 Å². The predicted octanol–water partition coefficient (Wildman–Crippen LogP) is 2.79. The van der Waals surface area contributed by atoms with Crippen LogP contribution in [0.4, 0.5) is 0 Å². The van der Waals surface area contributed by atoms with E-state index in [0.29, 0.717) is 42.5 Å². The summed E-state index contributed by atoms with van der Waals surface area (Å²) in [7, 11) is 3.17. The number of aryl methyl sites for hydroxylation is 2. The molecule has 0 bridgehead atoms. The summed E-state index contributed by atoms with van der Waals surface area (Å²) in [5.41, 5.74) is 3.77. The van der Waals surface area contributed by atoms with Crippen LogP contribution in [0, 0.1) is 6.92 Å². The zero-order valence-electron chi connectivity index (χ0n) is 19.1. The molecular formula is C23H26N6O4. The van der Waals surface area contributed by atoms with Gasteiger partial charge in [-0.25, -0.2) is 4.79 Å². The summed E-state index contributed by atoms with van der Waals surface area (Å²) < 4.78 is 19.6. The maximum Gasteiger partial charge on any atom is 0.368 e. The smallest absolute Gasteiger partial charge is 0.368 e. The first-order valence-electron chi connectivity index (χ1n) is 10.7. The first-order chi connectivity index (χ1) is 16.0. The van der Waals surface area contributed by atoms with E-state index in [-0.39, 0.29) is 12.3 Å². The molecule has 1 aromatic heterocycles. The van der Waals surface area contributed by atoms with Gasteiger partial charge in [0.25, 0.3) is 0 Å². The molecule has 1 aliphatic rings. The minimum atomic E-state index is -0.328. The molecule has 3 aromatic rings. The van der Waals surface area contributed by atoms with E-state index in [4.69, 9.17) is 14.2 Å². The van der Waals surface area contributed by atoms with E-state index in [9.17, 15) is 4.79 Å². The molecule has 0 saturated heterocycles. The van der Waals surface area contributed by atoms with Crippen molar-refractivity contribution in [2.45, 2.75) is 33.3 Å². The van der Waals surface area contributed by atoms with Gasteiger partial charge >= 0.3 is 5.69 Å². The maximum absolute atomic E-state index is 12.4. The van der Waals surface area contributed by atoms with Crippen LogP contribution in [-0.4, -0.2) is 45.1 Å². The summed E-state index contributed by atoms with van der Waals surface area (Å²) in [5, 5.41) is 16.6. The molecule has 10 heteroatoms. The Balaban J connectivity index is 1.59. The van der Waals surface area contributed by atoms with Crippen molar-refractivity contribution in [3.05, 3.63) is 63.6 Å². The second-order valence-corrected chi connectivity index (χ2v) is 7.49. The Kier molecular flexibility index (Phi) is 6.53. The molecule has 172 valence electrons. The van der Waals surface area contributed by atoms with Gasteiger partial charge in [0, 0.05) is 31.0 Å². The molecule has 0 fully saturated rings. The largest absolute Gasteiger partial charge is 0.493 e. The minimum absolute atomic E-state index is 0.218. The zero-order chi connectivity index (χ0) is 23.4. The highest BCUT2D eigenvalue weighted by Gasteiger charge is 2.20. The molecule has 0 radical (unpaired) electrons. The number of rotatable bonds is 6. The van der Waals surface area contributed by atoms with E-state index in [1.807, 2.05) is 50.2 Å². The van der Waals surface area contributed by atoms with Crippen LogP contribution in [0.25, 0.3) is 5.69 Å². The third-order valence-corrected chi connectivity index (χ3v) is 5.40. The van der Waals surface area contributed by atoms with Crippen molar-refractivity contribution < 1.29 is 14.2 Å². The van der Waals surface area contributed by atoms with Gasteiger partial charge in [-0.3, -0.25) is 0 Å². The van der Waals surface area contributed by atoms with Crippen molar-refractivity contribution in [3.63, 3.8) is 0 Å². The van der Waals surface area contributed by atoms with E-state index in [0.717, 1.165) is 22.4 Å². The van der Waals surface area contributed by atoms with Gasteiger partial charge in [-0.2, -0.15) is 14.5 Å². The molecule has 0 N–H and O–H groups in total. The fraction of sp³-hybridized carbons (Fsp3) is 0.348. The van der Waals surface area contributed by atoms with Crippen LogP contribution < -0.4 is 15.2 Å². The predicted molar refractivity (Wildman–Crippen MR) is 123 cm³/mol. The highest BCUT2D eigenvalue weighted by atomic mass is 16.5. The molecule has 2 aromatic carbocycles. The first-order valence-corrected chi connectivity index (χ1v) is 10.7. The lowest BCUT2D eigenvalue weighted by atomic mass is 10.0. The zero-order valence-corrected chi connectivity index (χ0v) is 19.1. The average Bonchev–Trinajstić information content (AvgIpc) is 3.17. The van der Waals surface area contributed by atoms with Crippen LogP contribution in [0.3, 0.4) is 0 Å². The number of methoxy groups -OCH3 is 1. The van der Waals surface area contributed by atoms with Gasteiger partial charge in [0.2, 0.25) is 5.90 Å². The normalized spacial score (nSPS) is 14.7. The number of aromatic nitrogens is 4. The lowest BCUT2D eigenvalue weighted by Crippen LogP contribution is -2.23. The molecule has 10 nitrogen and oxygen atoms in total. The monoisotopic (exact) mass is 450 g/mol. The van der Waals surface area contributed by atoms with Gasteiger partial charge in [0.15, 0.2) is 11.5 Å². The molecule has 1 aliphatic heterocycles. The second-order valence-electron chi connectivity index (χ2n) is 7.49. The maximum atomic E-state index is 12.4. The first kappa shape index (κ1) is 22.3. The van der Waals surface area contributed by atoms with Crippen LogP contribution in [0.15, 0.2) is 51.4 Å². The Labute approximate surface area is 191 Å². The van der Waals surface area contributed by atoms with Crippen molar-refractivity contribution in [2.24, 2.45) is 17.3 Å². The topological polar surface area (TPSA) is 105 Å². The molecule has 0 aliphatic carbocycles. The average molecular weight is 450 g/mol. The number of para-hydroxylation sites is 1. The Hall–Kier alpha value is -3.95. The molecular weight excluding hydrogens is 424 g/mol. The molecule has 0 spiro atoms. The summed E-state index contributed by atoms with van der Waals surface area (Å²) in [5.74, 6) is 1.83. The van der Waals surface area contributed by atoms with Crippen LogP contribution in [0.2, 0.25) is 0 Å². The van der Waals surface area contributed by atoms with Crippen molar-refractivity contribution in [2.75, 3.05) is 13.7 Å². The number of hydrogen-bond donors (Lipinski definition) is 0. The molecule has 2 heterocycles. The number of benzene rings is 2. The van der Waals surface area contributed by atoms with Crippen molar-refractivity contribution >= 4 is 11.6 Å². The molecule has 33 heavy (non-hydrogen) atoms. The second kappa shape index (κ2) is 9.68. The van der Waals surface area contributed by atoms with E-state index in [2.05, 4.69) is 20.6 Å². The number of nitrogens with zero attached hydrogens (tertiary/aromatic N) is 6. The van der Waals surface area contributed by atoms with Gasteiger partial charge in [0.1, 0.15) is 6.61 Å². The lowest BCUT2D eigenvalue weighted by molar-refractivity contribution is 0.282. The lowest BCUT2D eigenvalue weighted by Gasteiger charge is -2.20. The van der Waals surface area contributed by atoms with Gasteiger partial charge in [-0.1, -0.05) is 25.1 Å². The van der Waals surface area contributed by atoms with Crippen molar-refractivity contribution in [3.8, 4) is 17.2 Å². The summed E-state index contributed by atoms with van der Waals surface area (Å²) in [6.45, 7) is 4.63.